The molecule has 86 valence electrons. The molecule has 2 heterocycles. The molecule has 4 nitrogen and oxygen atoms in total. The monoisotopic (exact) mass is 218 g/mol. The highest BCUT2D eigenvalue weighted by molar-refractivity contribution is 5.27. The summed E-state index contributed by atoms with van der Waals surface area (Å²) in [4.78, 5) is 8.82. The van der Waals surface area contributed by atoms with E-state index in [4.69, 9.17) is 0 Å². The lowest BCUT2D eigenvalue weighted by Crippen LogP contribution is -2.18. The summed E-state index contributed by atoms with van der Waals surface area (Å²) in [7, 11) is 0. The van der Waals surface area contributed by atoms with Crippen molar-refractivity contribution in [2.75, 3.05) is 25.0 Å². The molecule has 1 saturated heterocycles. The Morgan fingerprint density at radius 1 is 1.38 bits per heavy atom. The van der Waals surface area contributed by atoms with Crippen molar-refractivity contribution in [3.05, 3.63) is 18.0 Å². The normalized spacial score (nSPS) is 24.6. The zero-order valence-corrected chi connectivity index (χ0v) is 9.45. The highest BCUT2D eigenvalue weighted by Gasteiger charge is 2.25. The van der Waals surface area contributed by atoms with Crippen LogP contribution in [0.5, 0.6) is 0 Å². The Balaban J connectivity index is 1.58. The number of nitrogens with zero attached hydrogens (tertiary/aromatic N) is 2. The molecule has 1 aromatic heterocycles. The largest absolute Gasteiger partial charge is 0.354 e. The van der Waals surface area contributed by atoms with Crippen molar-refractivity contribution in [1.82, 2.24) is 15.3 Å². The van der Waals surface area contributed by atoms with Crippen LogP contribution >= 0.6 is 0 Å². The first-order valence-corrected chi connectivity index (χ1v) is 6.19. The van der Waals surface area contributed by atoms with Crippen LogP contribution < -0.4 is 10.6 Å². The molecule has 1 unspecified atom stereocenters. The summed E-state index contributed by atoms with van der Waals surface area (Å²) in [5, 5.41) is 6.71. The molecular weight excluding hydrogens is 200 g/mol. The molecule has 0 spiro atoms. The highest BCUT2D eigenvalue weighted by atomic mass is 15.1. The van der Waals surface area contributed by atoms with E-state index in [1.807, 2.05) is 12.3 Å². The third-order valence-corrected chi connectivity index (χ3v) is 3.38. The van der Waals surface area contributed by atoms with E-state index in [0.717, 1.165) is 31.5 Å². The van der Waals surface area contributed by atoms with Crippen molar-refractivity contribution in [2.24, 2.45) is 5.92 Å². The summed E-state index contributed by atoms with van der Waals surface area (Å²) in [6.45, 7) is 3.26. The Morgan fingerprint density at radius 3 is 3.06 bits per heavy atom. The van der Waals surface area contributed by atoms with Gasteiger partial charge in [0.2, 0.25) is 5.95 Å². The molecule has 1 saturated carbocycles. The SMILES string of the molecule is c1cc(C2CC2)nc(NCC2CCNC2)n1. The molecular formula is C12H18N4. The van der Waals surface area contributed by atoms with Crippen molar-refractivity contribution < 1.29 is 0 Å². The maximum absolute atomic E-state index is 4.55. The number of hydrogen-bond acceptors (Lipinski definition) is 4. The molecule has 3 rings (SSSR count). The van der Waals surface area contributed by atoms with Crippen LogP contribution in [0.4, 0.5) is 5.95 Å². The van der Waals surface area contributed by atoms with Gasteiger partial charge in [0.15, 0.2) is 0 Å². The van der Waals surface area contributed by atoms with Gasteiger partial charge in [-0.2, -0.15) is 0 Å². The molecule has 0 bridgehead atoms. The predicted molar refractivity (Wildman–Crippen MR) is 63.5 cm³/mol. The quantitative estimate of drug-likeness (QED) is 0.801. The molecule has 1 aliphatic heterocycles. The zero-order chi connectivity index (χ0) is 10.8. The number of aromatic nitrogens is 2. The Labute approximate surface area is 95.9 Å². The van der Waals surface area contributed by atoms with E-state index < -0.39 is 0 Å². The van der Waals surface area contributed by atoms with Gasteiger partial charge in [0, 0.05) is 24.4 Å². The van der Waals surface area contributed by atoms with Gasteiger partial charge < -0.3 is 10.6 Å². The number of rotatable bonds is 4. The second-order valence-corrected chi connectivity index (χ2v) is 4.82. The molecule has 2 N–H and O–H groups in total. The van der Waals surface area contributed by atoms with Gasteiger partial charge in [0.1, 0.15) is 0 Å². The zero-order valence-electron chi connectivity index (χ0n) is 9.45. The lowest BCUT2D eigenvalue weighted by molar-refractivity contribution is 0.612. The fraction of sp³-hybridized carbons (Fsp3) is 0.667. The fourth-order valence-electron chi connectivity index (χ4n) is 2.19. The number of anilines is 1. The van der Waals surface area contributed by atoms with E-state index in [-0.39, 0.29) is 0 Å². The Hall–Kier alpha value is -1.16. The third-order valence-electron chi connectivity index (χ3n) is 3.38. The molecule has 0 aromatic carbocycles. The third kappa shape index (κ3) is 2.32. The van der Waals surface area contributed by atoms with Gasteiger partial charge in [-0.25, -0.2) is 9.97 Å². The van der Waals surface area contributed by atoms with Crippen LogP contribution in [0.2, 0.25) is 0 Å². The molecule has 1 aliphatic carbocycles. The Morgan fingerprint density at radius 2 is 2.31 bits per heavy atom. The minimum absolute atomic E-state index is 0.705. The fourth-order valence-corrected chi connectivity index (χ4v) is 2.19. The maximum Gasteiger partial charge on any atom is 0.222 e. The molecule has 1 aromatic rings. The first kappa shape index (κ1) is 10.0. The Kier molecular flexibility index (Phi) is 2.74. The van der Waals surface area contributed by atoms with Crippen molar-refractivity contribution >= 4 is 5.95 Å². The maximum atomic E-state index is 4.55. The first-order valence-electron chi connectivity index (χ1n) is 6.19. The van der Waals surface area contributed by atoms with Gasteiger partial charge in [0.25, 0.3) is 0 Å². The smallest absolute Gasteiger partial charge is 0.222 e. The van der Waals surface area contributed by atoms with Crippen LogP contribution in [0.15, 0.2) is 12.3 Å². The van der Waals surface area contributed by atoms with Crippen LogP contribution in [0.1, 0.15) is 30.9 Å². The van der Waals surface area contributed by atoms with E-state index in [9.17, 15) is 0 Å². The molecule has 0 radical (unpaired) electrons. The second kappa shape index (κ2) is 4.37. The summed E-state index contributed by atoms with van der Waals surface area (Å²) in [6, 6.07) is 2.04. The van der Waals surface area contributed by atoms with E-state index in [0.29, 0.717) is 5.92 Å². The van der Waals surface area contributed by atoms with Gasteiger partial charge in [-0.1, -0.05) is 0 Å². The van der Waals surface area contributed by atoms with Crippen LogP contribution in [-0.2, 0) is 0 Å². The molecule has 2 aliphatic rings. The van der Waals surface area contributed by atoms with Crippen LogP contribution in [0.3, 0.4) is 0 Å². The van der Waals surface area contributed by atoms with Gasteiger partial charge in [-0.05, 0) is 44.3 Å². The standard InChI is InChI=1S/C12H18N4/c1-2-10(1)11-4-6-14-12(16-11)15-8-9-3-5-13-7-9/h4,6,9-10,13H,1-3,5,7-8H2,(H,14,15,16). The first-order chi connectivity index (χ1) is 7.92. The van der Waals surface area contributed by atoms with E-state index in [2.05, 4.69) is 20.6 Å². The van der Waals surface area contributed by atoms with Gasteiger partial charge in [0.05, 0.1) is 0 Å². The van der Waals surface area contributed by atoms with Gasteiger partial charge in [-0.15, -0.1) is 0 Å². The average Bonchev–Trinajstić information content (AvgIpc) is 3.05. The molecule has 4 heteroatoms. The minimum Gasteiger partial charge on any atom is -0.354 e. The summed E-state index contributed by atoms with van der Waals surface area (Å²) in [6.07, 6.45) is 5.72. The highest BCUT2D eigenvalue weighted by Crippen LogP contribution is 2.38. The van der Waals surface area contributed by atoms with E-state index >= 15 is 0 Å². The van der Waals surface area contributed by atoms with E-state index in [1.54, 1.807) is 0 Å². The summed E-state index contributed by atoms with van der Waals surface area (Å²) < 4.78 is 0. The van der Waals surface area contributed by atoms with Gasteiger partial charge in [-0.3, -0.25) is 0 Å². The molecule has 2 fully saturated rings. The molecule has 0 amide bonds. The van der Waals surface area contributed by atoms with Crippen molar-refractivity contribution in [3.63, 3.8) is 0 Å². The van der Waals surface area contributed by atoms with Gasteiger partial charge >= 0.3 is 0 Å². The number of nitrogens with one attached hydrogen (secondary N) is 2. The molecule has 1 atom stereocenters. The Bertz CT molecular complexity index is 356. The minimum atomic E-state index is 0.705. The summed E-state index contributed by atoms with van der Waals surface area (Å²) >= 11 is 0. The van der Waals surface area contributed by atoms with Crippen LogP contribution in [0.25, 0.3) is 0 Å². The molecule has 16 heavy (non-hydrogen) atoms. The van der Waals surface area contributed by atoms with Crippen LogP contribution in [0, 0.1) is 5.92 Å². The van der Waals surface area contributed by atoms with Crippen molar-refractivity contribution in [3.8, 4) is 0 Å². The summed E-state index contributed by atoms with van der Waals surface area (Å²) in [5.74, 6) is 2.24. The van der Waals surface area contributed by atoms with E-state index in [1.165, 1.54) is 25.0 Å². The number of hydrogen-bond donors (Lipinski definition) is 2. The van der Waals surface area contributed by atoms with Crippen molar-refractivity contribution in [1.29, 1.82) is 0 Å². The van der Waals surface area contributed by atoms with Crippen LogP contribution in [-0.4, -0.2) is 29.6 Å². The van der Waals surface area contributed by atoms with Crippen molar-refractivity contribution in [2.45, 2.75) is 25.2 Å². The lowest BCUT2D eigenvalue weighted by Gasteiger charge is -2.10. The average molecular weight is 218 g/mol. The summed E-state index contributed by atoms with van der Waals surface area (Å²) in [5.41, 5.74) is 1.21. The second-order valence-electron chi connectivity index (χ2n) is 4.82. The lowest BCUT2D eigenvalue weighted by atomic mass is 10.1. The predicted octanol–water partition coefficient (Wildman–Crippen LogP) is 1.38. The topological polar surface area (TPSA) is 49.8 Å².